The van der Waals surface area contributed by atoms with Gasteiger partial charge in [-0.15, -0.1) is 0 Å². The quantitative estimate of drug-likeness (QED) is 0.354. The van der Waals surface area contributed by atoms with E-state index in [9.17, 15) is 13.2 Å². The minimum absolute atomic E-state index is 0.0472. The first-order valence-corrected chi connectivity index (χ1v) is 13.3. The number of primary amides is 1. The Kier molecular flexibility index (Phi) is 7.80. The first-order valence-electron chi connectivity index (χ1n) is 11.4. The Balaban J connectivity index is 1.74. The number of carbonyl (C=O) groups is 1. The number of aliphatic imine (C=N–C) groups is 1. The van der Waals surface area contributed by atoms with Gasteiger partial charge in [0.05, 0.1) is 17.2 Å². The lowest BCUT2D eigenvalue weighted by atomic mass is 9.90. The van der Waals surface area contributed by atoms with Crippen LogP contribution in [0, 0.1) is 0 Å². The summed E-state index contributed by atoms with van der Waals surface area (Å²) in [4.78, 5) is 17.6. The summed E-state index contributed by atoms with van der Waals surface area (Å²) in [5.74, 6) is -0.998. The zero-order valence-electron chi connectivity index (χ0n) is 20.4. The Morgan fingerprint density at radius 3 is 2.43 bits per heavy atom. The van der Waals surface area contributed by atoms with Gasteiger partial charge < -0.3 is 10.6 Å². The summed E-state index contributed by atoms with van der Waals surface area (Å²) in [5, 5.41) is 6.49. The SMILES string of the molecule is CN(C)c1ccc(C2=NN(C(=NCC(N)=O)NS(=O)(=O)c3cccc(Cl)c3)CC2c2ccccc2)cc1. The number of nitrogens with zero attached hydrogens (tertiary/aromatic N) is 4. The van der Waals surface area contributed by atoms with Crippen LogP contribution in [0.2, 0.25) is 5.02 Å². The third kappa shape index (κ3) is 6.28. The summed E-state index contributed by atoms with van der Waals surface area (Å²) < 4.78 is 28.8. The van der Waals surface area contributed by atoms with E-state index in [0.717, 1.165) is 22.5 Å². The molecule has 0 bridgehead atoms. The summed E-state index contributed by atoms with van der Waals surface area (Å²) in [6.45, 7) is -0.118. The van der Waals surface area contributed by atoms with Gasteiger partial charge in [-0.25, -0.2) is 23.1 Å². The molecule has 9 nitrogen and oxygen atoms in total. The third-order valence-corrected chi connectivity index (χ3v) is 7.32. The number of hydrazone groups is 1. The van der Waals surface area contributed by atoms with Crippen LogP contribution >= 0.6 is 11.6 Å². The molecular weight excluding hydrogens is 512 g/mol. The predicted molar refractivity (Wildman–Crippen MR) is 146 cm³/mol. The number of rotatable bonds is 7. The van der Waals surface area contributed by atoms with Gasteiger partial charge in [0.15, 0.2) is 0 Å². The van der Waals surface area contributed by atoms with Crippen LogP contribution in [0.15, 0.2) is 93.9 Å². The summed E-state index contributed by atoms with van der Waals surface area (Å²) in [7, 11) is -0.156. The summed E-state index contributed by atoms with van der Waals surface area (Å²) >= 11 is 6.00. The Morgan fingerprint density at radius 1 is 1.11 bits per heavy atom. The number of amides is 1. The minimum atomic E-state index is -4.08. The van der Waals surface area contributed by atoms with Crippen LogP contribution in [-0.2, 0) is 14.8 Å². The Labute approximate surface area is 221 Å². The van der Waals surface area contributed by atoms with Gasteiger partial charge >= 0.3 is 0 Å². The average Bonchev–Trinajstić information content (AvgIpc) is 3.32. The van der Waals surface area contributed by atoms with Crippen molar-refractivity contribution in [2.45, 2.75) is 10.8 Å². The highest BCUT2D eigenvalue weighted by molar-refractivity contribution is 7.90. The van der Waals surface area contributed by atoms with E-state index in [4.69, 9.17) is 22.4 Å². The van der Waals surface area contributed by atoms with Gasteiger partial charge in [0.25, 0.3) is 10.0 Å². The van der Waals surface area contributed by atoms with Crippen LogP contribution in [0.1, 0.15) is 17.0 Å². The molecule has 0 aromatic heterocycles. The molecule has 0 aliphatic carbocycles. The second-order valence-electron chi connectivity index (χ2n) is 8.64. The van der Waals surface area contributed by atoms with E-state index in [1.807, 2.05) is 73.6 Å². The highest BCUT2D eigenvalue weighted by atomic mass is 35.5. The molecule has 0 saturated carbocycles. The predicted octanol–water partition coefficient (Wildman–Crippen LogP) is 3.03. The number of sulfonamides is 1. The fourth-order valence-corrected chi connectivity index (χ4v) is 5.23. The number of nitrogens with two attached hydrogens (primary N) is 1. The number of hydrogen-bond donors (Lipinski definition) is 2. The summed E-state index contributed by atoms with van der Waals surface area (Å²) in [6.07, 6.45) is 0. The number of anilines is 1. The number of halogens is 1. The van der Waals surface area contributed by atoms with Crippen LogP contribution in [0.25, 0.3) is 0 Å². The molecule has 3 N–H and O–H groups in total. The van der Waals surface area contributed by atoms with Crippen LogP contribution in [0.4, 0.5) is 5.69 Å². The maximum atomic E-state index is 13.2. The van der Waals surface area contributed by atoms with E-state index in [-0.39, 0.29) is 21.8 Å². The lowest BCUT2D eigenvalue weighted by Crippen LogP contribution is -2.42. The van der Waals surface area contributed by atoms with Gasteiger partial charge in [-0.2, -0.15) is 5.10 Å². The van der Waals surface area contributed by atoms with Gasteiger partial charge in [0.1, 0.15) is 6.54 Å². The number of benzene rings is 3. The molecule has 1 unspecified atom stereocenters. The number of nitrogens with one attached hydrogen (secondary N) is 1. The van der Waals surface area contributed by atoms with Gasteiger partial charge in [-0.05, 0) is 41.5 Å². The number of carbonyl (C=O) groups excluding carboxylic acids is 1. The molecule has 11 heteroatoms. The van der Waals surface area contributed by atoms with E-state index < -0.39 is 22.5 Å². The lowest BCUT2D eigenvalue weighted by molar-refractivity contribution is -0.116. The zero-order chi connectivity index (χ0) is 26.6. The van der Waals surface area contributed by atoms with Crippen LogP contribution in [0.5, 0.6) is 0 Å². The highest BCUT2D eigenvalue weighted by Crippen LogP contribution is 2.30. The molecule has 3 aromatic rings. The van der Waals surface area contributed by atoms with Crippen molar-refractivity contribution >= 4 is 44.9 Å². The maximum Gasteiger partial charge on any atom is 0.264 e. The standard InChI is InChI=1S/C26H27ClN6O3S/c1-32(2)21-13-11-19(12-14-21)25-23(18-7-4-3-5-8-18)17-33(30-25)26(29-16-24(28)34)31-37(35,36)22-10-6-9-20(27)15-22/h3-15,23H,16-17H2,1-2H3,(H2,28,34)(H,29,31). The van der Waals surface area contributed by atoms with Gasteiger partial charge in [0, 0.05) is 30.7 Å². The van der Waals surface area contributed by atoms with Gasteiger partial charge in [0.2, 0.25) is 11.9 Å². The monoisotopic (exact) mass is 538 g/mol. The van der Waals surface area contributed by atoms with Crippen molar-refractivity contribution < 1.29 is 13.2 Å². The maximum absolute atomic E-state index is 13.2. The molecule has 1 aliphatic rings. The topological polar surface area (TPSA) is 120 Å². The van der Waals surface area contributed by atoms with Crippen molar-refractivity contribution in [2.75, 3.05) is 32.1 Å². The number of guanidine groups is 1. The van der Waals surface area contributed by atoms with E-state index in [1.165, 1.54) is 23.2 Å². The molecule has 192 valence electrons. The highest BCUT2D eigenvalue weighted by Gasteiger charge is 2.33. The Hall–Kier alpha value is -3.89. The molecule has 3 aromatic carbocycles. The molecule has 4 rings (SSSR count). The lowest BCUT2D eigenvalue weighted by Gasteiger charge is -2.20. The molecule has 1 aliphatic heterocycles. The molecule has 1 amide bonds. The van der Waals surface area contributed by atoms with Crippen molar-refractivity contribution in [1.29, 1.82) is 0 Å². The van der Waals surface area contributed by atoms with E-state index in [1.54, 1.807) is 6.07 Å². The van der Waals surface area contributed by atoms with Crippen molar-refractivity contribution in [3.05, 3.63) is 95.0 Å². The fourth-order valence-electron chi connectivity index (χ4n) is 3.90. The first-order chi connectivity index (χ1) is 17.6. The average molecular weight is 539 g/mol. The van der Waals surface area contributed by atoms with E-state index >= 15 is 0 Å². The van der Waals surface area contributed by atoms with Crippen molar-refractivity contribution in [1.82, 2.24) is 9.73 Å². The van der Waals surface area contributed by atoms with E-state index in [2.05, 4.69) is 9.71 Å². The largest absolute Gasteiger partial charge is 0.378 e. The Bertz CT molecular complexity index is 1440. The van der Waals surface area contributed by atoms with Crippen LogP contribution < -0.4 is 15.4 Å². The smallest absolute Gasteiger partial charge is 0.264 e. The van der Waals surface area contributed by atoms with Crippen LogP contribution in [0.3, 0.4) is 0 Å². The molecule has 1 atom stereocenters. The minimum Gasteiger partial charge on any atom is -0.378 e. The second-order valence-corrected chi connectivity index (χ2v) is 10.8. The molecule has 37 heavy (non-hydrogen) atoms. The molecule has 0 fully saturated rings. The second kappa shape index (κ2) is 11.0. The van der Waals surface area contributed by atoms with Crippen molar-refractivity contribution in [2.24, 2.45) is 15.8 Å². The van der Waals surface area contributed by atoms with Gasteiger partial charge in [-0.1, -0.05) is 60.1 Å². The van der Waals surface area contributed by atoms with Gasteiger partial charge in [-0.3, -0.25) is 4.79 Å². The van der Waals surface area contributed by atoms with E-state index in [0.29, 0.717) is 6.54 Å². The first kappa shape index (κ1) is 26.2. The van der Waals surface area contributed by atoms with Crippen LogP contribution in [-0.4, -0.2) is 58.2 Å². The summed E-state index contributed by atoms with van der Waals surface area (Å²) in [6, 6.07) is 23.6. The fraction of sp³-hybridized carbons (Fsp3) is 0.192. The molecule has 0 saturated heterocycles. The van der Waals surface area contributed by atoms with Crippen molar-refractivity contribution in [3.63, 3.8) is 0 Å². The molecular formula is C26H27ClN6O3S. The zero-order valence-corrected chi connectivity index (χ0v) is 21.9. The number of hydrogen-bond acceptors (Lipinski definition) is 6. The molecule has 1 heterocycles. The normalized spacial score (nSPS) is 15.9. The third-order valence-electron chi connectivity index (χ3n) is 5.76. The molecule has 0 spiro atoms. The molecule has 0 radical (unpaired) electrons. The summed E-state index contributed by atoms with van der Waals surface area (Å²) in [5.41, 5.74) is 8.98. The van der Waals surface area contributed by atoms with Crippen molar-refractivity contribution in [3.8, 4) is 0 Å². The Morgan fingerprint density at radius 2 is 1.81 bits per heavy atom.